The molecule has 0 aliphatic heterocycles. The van der Waals surface area contributed by atoms with Crippen LogP contribution in [0.2, 0.25) is 7.25 Å². The zero-order valence-corrected chi connectivity index (χ0v) is 22.6. The van der Waals surface area contributed by atoms with Crippen molar-refractivity contribution in [3.63, 3.8) is 0 Å². The minimum absolute atomic E-state index is 0.813. The van der Waals surface area contributed by atoms with E-state index in [1.54, 1.807) is 21.5 Å². The maximum absolute atomic E-state index is 2.71. The van der Waals surface area contributed by atoms with Crippen LogP contribution in [0.15, 0.2) is 107 Å². The Morgan fingerprint density at radius 2 is 1.00 bits per heavy atom. The zero-order valence-electron chi connectivity index (χ0n) is 19.0. The second-order valence-electron chi connectivity index (χ2n) is 9.94. The molecule has 4 aliphatic rings. The van der Waals surface area contributed by atoms with Crippen LogP contribution >= 0.6 is 0 Å². The van der Waals surface area contributed by atoms with Crippen LogP contribution in [-0.2, 0) is 20.9 Å². The average molecular weight is 513 g/mol. The minimum atomic E-state index is -2.05. The van der Waals surface area contributed by atoms with E-state index in [1.165, 1.54) is 51.4 Å². The van der Waals surface area contributed by atoms with Crippen LogP contribution in [0.1, 0.15) is 51.4 Å². The Kier molecular flexibility index (Phi) is 6.18. The molecule has 0 N–H and O–H groups in total. The monoisotopic (exact) mass is 511 g/mol. The molecule has 2 aromatic rings. The molecule has 0 saturated heterocycles. The van der Waals surface area contributed by atoms with Gasteiger partial charge in [0.2, 0.25) is 0 Å². The Labute approximate surface area is 202 Å². The third-order valence-corrected chi connectivity index (χ3v) is 31.2. The molecule has 0 aromatic heterocycles. The van der Waals surface area contributed by atoms with E-state index in [9.17, 15) is 0 Å². The molecule has 0 saturated carbocycles. The summed E-state index contributed by atoms with van der Waals surface area (Å²) in [5.74, 6) is -1.28. The van der Waals surface area contributed by atoms with E-state index >= 15 is 0 Å². The van der Waals surface area contributed by atoms with E-state index in [2.05, 4.69) is 85.0 Å². The van der Waals surface area contributed by atoms with Gasteiger partial charge >= 0.3 is 203 Å². The summed E-state index contributed by atoms with van der Waals surface area (Å²) in [6.07, 6.45) is 21.6. The van der Waals surface area contributed by atoms with E-state index in [0.717, 1.165) is 7.25 Å². The average Bonchev–Trinajstić information content (AvgIpc) is 3.48. The van der Waals surface area contributed by atoms with Gasteiger partial charge in [-0.2, -0.15) is 0 Å². The molecule has 0 nitrogen and oxygen atoms in total. The van der Waals surface area contributed by atoms with Crippen molar-refractivity contribution in [1.29, 1.82) is 0 Å². The molecule has 2 atom stereocenters. The first-order chi connectivity index (χ1) is 15.9. The summed E-state index contributed by atoms with van der Waals surface area (Å²) >= 11 is -2.05. The first-order valence-electron chi connectivity index (χ1n) is 12.7. The van der Waals surface area contributed by atoms with Crippen molar-refractivity contribution in [2.75, 3.05) is 0 Å². The Balaban J connectivity index is 1.51. The summed E-state index contributed by atoms with van der Waals surface area (Å²) in [5, 5.41) is 3.40. The molecular formula is C30H33SiZr. The third-order valence-electron chi connectivity index (χ3n) is 8.16. The Morgan fingerprint density at radius 3 is 1.47 bits per heavy atom. The van der Waals surface area contributed by atoms with E-state index < -0.39 is 26.8 Å². The number of benzene rings is 2. The standard InChI is InChI=1S/C12H11Si.2C9H11.Zr/c1-3-7-11(8-4-1)13-12-9-5-2-6-10-12;2*1-2-5-9-7-3-6-8(9)4-1;/h1-10,13H;2*3,6-7H,1-2,4-5H2;. The molecule has 161 valence electrons. The summed E-state index contributed by atoms with van der Waals surface area (Å²) in [4.78, 5) is 0. The van der Waals surface area contributed by atoms with Crippen molar-refractivity contribution in [1.82, 2.24) is 0 Å². The van der Waals surface area contributed by atoms with Crippen molar-refractivity contribution in [3.05, 3.63) is 107 Å². The van der Waals surface area contributed by atoms with E-state index in [4.69, 9.17) is 0 Å². The zero-order chi connectivity index (χ0) is 21.3. The molecule has 4 aliphatic carbocycles. The first-order valence-corrected chi connectivity index (χ1v) is 21.5. The number of rotatable bonds is 5. The van der Waals surface area contributed by atoms with E-state index in [-0.39, 0.29) is 0 Å². The molecule has 2 heteroatoms. The van der Waals surface area contributed by atoms with Gasteiger partial charge in [0.15, 0.2) is 0 Å². The van der Waals surface area contributed by atoms with Crippen molar-refractivity contribution >= 4 is 16.3 Å². The van der Waals surface area contributed by atoms with Crippen LogP contribution in [0.3, 0.4) is 0 Å². The quantitative estimate of drug-likeness (QED) is 0.396. The van der Waals surface area contributed by atoms with Gasteiger partial charge in [-0.1, -0.05) is 0 Å². The second kappa shape index (κ2) is 9.40. The Bertz CT molecular complexity index is 1000. The van der Waals surface area contributed by atoms with Crippen LogP contribution in [0.25, 0.3) is 0 Å². The van der Waals surface area contributed by atoms with Gasteiger partial charge in [0.05, 0.1) is 0 Å². The van der Waals surface area contributed by atoms with Gasteiger partial charge in [0, 0.05) is 0 Å². The van der Waals surface area contributed by atoms with Gasteiger partial charge in [-0.25, -0.2) is 0 Å². The molecule has 2 aromatic carbocycles. The predicted octanol–water partition coefficient (Wildman–Crippen LogP) is 6.60. The van der Waals surface area contributed by atoms with Crippen LogP contribution < -0.4 is 10.4 Å². The number of hydrogen-bond acceptors (Lipinski definition) is 0. The SMILES string of the molecule is C1=C[CH]([Zr]([CH]2C=CC3=C2CCCC3)[SiH](c2ccccc2)c2ccccc2)C2=C1CCCC2. The summed E-state index contributed by atoms with van der Waals surface area (Å²) in [5.41, 5.74) is 7.22. The van der Waals surface area contributed by atoms with Gasteiger partial charge in [-0.05, 0) is 0 Å². The molecule has 0 fully saturated rings. The third kappa shape index (κ3) is 3.88. The topological polar surface area (TPSA) is 0 Å². The maximum atomic E-state index is 2.71. The van der Waals surface area contributed by atoms with Crippen LogP contribution in [0.4, 0.5) is 0 Å². The fraction of sp³-hybridized carbons (Fsp3) is 0.333. The summed E-state index contributed by atoms with van der Waals surface area (Å²) in [6.45, 7) is 0. The van der Waals surface area contributed by atoms with E-state index in [1.807, 2.05) is 11.1 Å². The summed E-state index contributed by atoms with van der Waals surface area (Å²) in [6, 6.07) is 23.5. The number of hydrogen-bond donors (Lipinski definition) is 0. The van der Waals surface area contributed by atoms with Crippen molar-refractivity contribution in [2.24, 2.45) is 0 Å². The molecule has 0 heterocycles. The van der Waals surface area contributed by atoms with Crippen LogP contribution in [0, 0.1) is 0 Å². The normalized spacial score (nSPS) is 24.3. The Morgan fingerprint density at radius 1 is 0.562 bits per heavy atom. The molecule has 2 unspecified atom stereocenters. The van der Waals surface area contributed by atoms with E-state index in [0.29, 0.717) is 0 Å². The van der Waals surface area contributed by atoms with Gasteiger partial charge in [-0.15, -0.1) is 0 Å². The van der Waals surface area contributed by atoms with Crippen LogP contribution in [0.5, 0.6) is 0 Å². The van der Waals surface area contributed by atoms with Crippen molar-refractivity contribution in [3.8, 4) is 0 Å². The second-order valence-corrected chi connectivity index (χ2v) is 25.9. The summed E-state index contributed by atoms with van der Waals surface area (Å²) in [7, 11) is 0. The molecule has 0 spiro atoms. The molecule has 6 rings (SSSR count). The summed E-state index contributed by atoms with van der Waals surface area (Å²) < 4.78 is 1.63. The number of allylic oxidation sites excluding steroid dienone is 8. The first kappa shape index (κ1) is 21.1. The molecular weight excluding hydrogens is 480 g/mol. The van der Waals surface area contributed by atoms with Gasteiger partial charge in [0.1, 0.15) is 0 Å². The van der Waals surface area contributed by atoms with Gasteiger partial charge in [-0.3, -0.25) is 0 Å². The predicted molar refractivity (Wildman–Crippen MR) is 136 cm³/mol. The van der Waals surface area contributed by atoms with Crippen LogP contribution in [-0.4, -0.2) is 5.92 Å². The molecule has 0 bridgehead atoms. The van der Waals surface area contributed by atoms with Crippen molar-refractivity contribution < 1.29 is 20.9 Å². The molecule has 32 heavy (non-hydrogen) atoms. The fourth-order valence-electron chi connectivity index (χ4n) is 6.70. The van der Waals surface area contributed by atoms with Gasteiger partial charge in [0.25, 0.3) is 0 Å². The molecule has 0 radical (unpaired) electrons. The van der Waals surface area contributed by atoms with Gasteiger partial charge < -0.3 is 0 Å². The van der Waals surface area contributed by atoms with Crippen molar-refractivity contribution in [2.45, 2.75) is 58.6 Å². The molecule has 0 amide bonds. The Hall–Kier alpha value is -1.50. The fourth-order valence-corrected chi connectivity index (χ4v) is 33.4.